The lowest BCUT2D eigenvalue weighted by atomic mass is 10.1. The summed E-state index contributed by atoms with van der Waals surface area (Å²) in [6.45, 7) is 8.32. The lowest BCUT2D eigenvalue weighted by molar-refractivity contribution is -0.192. The van der Waals surface area contributed by atoms with Gasteiger partial charge in [-0.25, -0.2) is 19.6 Å². The molecule has 0 spiro atoms. The normalized spacial score (nSPS) is 13.2. The molecule has 3 rings (SSSR count). The van der Waals surface area contributed by atoms with Crippen LogP contribution in [-0.4, -0.2) is 33.1 Å². The van der Waals surface area contributed by atoms with Crippen molar-refractivity contribution in [2.75, 3.05) is 5.73 Å². The first-order valence-electron chi connectivity index (χ1n) is 9.40. The summed E-state index contributed by atoms with van der Waals surface area (Å²) in [5, 5.41) is 2.07. The Kier molecular flexibility index (Phi) is 6.60. The molecule has 1 atom stereocenters. The Morgan fingerprint density at radius 2 is 1.84 bits per heavy atom. The van der Waals surface area contributed by atoms with Crippen molar-refractivity contribution < 1.29 is 23.9 Å². The third kappa shape index (κ3) is 5.97. The first kappa shape index (κ1) is 23.1. The van der Waals surface area contributed by atoms with Crippen LogP contribution in [0.2, 0.25) is 0 Å². The van der Waals surface area contributed by atoms with Crippen LogP contribution in [0.1, 0.15) is 46.4 Å². The summed E-state index contributed by atoms with van der Waals surface area (Å²) in [5.74, 6) is -1.30. The molecule has 31 heavy (non-hydrogen) atoms. The van der Waals surface area contributed by atoms with E-state index in [0.717, 1.165) is 10.2 Å². The van der Waals surface area contributed by atoms with Crippen molar-refractivity contribution in [2.24, 2.45) is 0 Å². The number of anilines is 1. The van der Waals surface area contributed by atoms with Gasteiger partial charge in [0.1, 0.15) is 5.60 Å². The quantitative estimate of drug-likeness (QED) is 0.398. The van der Waals surface area contributed by atoms with E-state index in [-0.39, 0.29) is 10.3 Å². The summed E-state index contributed by atoms with van der Waals surface area (Å²) >= 11 is 2.41. The van der Waals surface area contributed by atoms with Gasteiger partial charge in [-0.15, -0.1) is 11.3 Å². The minimum Gasteiger partial charge on any atom is -0.458 e. The maximum Gasteiger partial charge on any atom is 0.340 e. The molecule has 0 aliphatic heterocycles. The number of esters is 2. The molecule has 0 amide bonds. The van der Waals surface area contributed by atoms with Crippen LogP contribution in [0.15, 0.2) is 29.6 Å². The molecule has 2 heterocycles. The van der Waals surface area contributed by atoms with Crippen molar-refractivity contribution in [2.45, 2.75) is 51.9 Å². The van der Waals surface area contributed by atoms with E-state index in [1.54, 1.807) is 26.2 Å². The number of para-hydroxylation sites is 1. The van der Waals surface area contributed by atoms with Crippen molar-refractivity contribution in [1.82, 2.24) is 15.4 Å². The van der Waals surface area contributed by atoms with E-state index in [2.05, 4.69) is 15.4 Å². The lowest BCUT2D eigenvalue weighted by Gasteiger charge is -2.29. The largest absolute Gasteiger partial charge is 0.458 e. The van der Waals surface area contributed by atoms with Gasteiger partial charge in [-0.1, -0.05) is 23.5 Å². The molecule has 166 valence electrons. The van der Waals surface area contributed by atoms with Crippen LogP contribution >= 0.6 is 22.7 Å². The average Bonchev–Trinajstić information content (AvgIpc) is 3.25. The van der Waals surface area contributed by atoms with Gasteiger partial charge in [0, 0.05) is 5.38 Å². The number of carbonyl (C=O) groups excluding carboxylic acids is 2. The summed E-state index contributed by atoms with van der Waals surface area (Å²) in [6, 6.07) is 6.30. The smallest absolute Gasteiger partial charge is 0.340 e. The number of benzene rings is 1. The fourth-order valence-corrected chi connectivity index (χ4v) is 3.76. The van der Waals surface area contributed by atoms with E-state index in [4.69, 9.17) is 20.0 Å². The van der Waals surface area contributed by atoms with E-state index in [9.17, 15) is 9.59 Å². The highest BCUT2D eigenvalue weighted by Gasteiger charge is 2.37. The summed E-state index contributed by atoms with van der Waals surface area (Å²) in [5.41, 5.74) is 7.27. The van der Waals surface area contributed by atoms with Crippen molar-refractivity contribution in [3.8, 4) is 5.19 Å². The Labute approximate surface area is 187 Å². The maximum absolute atomic E-state index is 12.9. The van der Waals surface area contributed by atoms with Crippen molar-refractivity contribution in [1.29, 1.82) is 0 Å². The summed E-state index contributed by atoms with van der Waals surface area (Å²) in [6.07, 6.45) is 0. The van der Waals surface area contributed by atoms with Gasteiger partial charge in [0.05, 0.1) is 15.9 Å². The molecule has 3 aromatic rings. The number of hydrogen-bond acceptors (Lipinski definition) is 11. The van der Waals surface area contributed by atoms with Gasteiger partial charge in [-0.2, -0.15) is 5.48 Å². The van der Waals surface area contributed by atoms with Gasteiger partial charge in [-0.3, -0.25) is 4.84 Å². The first-order chi connectivity index (χ1) is 14.4. The summed E-state index contributed by atoms with van der Waals surface area (Å²) < 4.78 is 11.7. The standard InChI is InChI=1S/C20H24N4O5S2/c1-19(2,3)28-16(26)20(4,5)29-24-14(12-10-30-17(21)22-12)15(25)27-18-23-11-8-6-7-9-13(11)31-18/h6-10,14,24H,1-5H3,(H2,21,22). The Morgan fingerprint density at radius 1 is 1.13 bits per heavy atom. The highest BCUT2D eigenvalue weighted by atomic mass is 32.1. The van der Waals surface area contributed by atoms with Crippen molar-refractivity contribution in [3.05, 3.63) is 35.3 Å². The molecule has 0 saturated heterocycles. The third-order valence-corrected chi connectivity index (χ3v) is 5.46. The molecule has 9 nitrogen and oxygen atoms in total. The number of nitrogens with two attached hydrogens (primary N) is 1. The summed E-state index contributed by atoms with van der Waals surface area (Å²) in [4.78, 5) is 39.4. The Balaban J connectivity index is 1.76. The van der Waals surface area contributed by atoms with Crippen LogP contribution in [0.5, 0.6) is 5.19 Å². The van der Waals surface area contributed by atoms with E-state index in [0.29, 0.717) is 5.69 Å². The molecular formula is C20H24N4O5S2. The molecular weight excluding hydrogens is 440 g/mol. The minimum atomic E-state index is -1.39. The zero-order valence-electron chi connectivity index (χ0n) is 17.8. The van der Waals surface area contributed by atoms with E-state index in [1.165, 1.54) is 36.5 Å². The second-order valence-electron chi connectivity index (χ2n) is 8.14. The molecule has 0 aliphatic rings. The number of nitrogen functional groups attached to an aromatic ring is 1. The summed E-state index contributed by atoms with van der Waals surface area (Å²) in [7, 11) is 0. The fourth-order valence-electron chi connectivity index (χ4n) is 2.35. The molecule has 0 bridgehead atoms. The minimum absolute atomic E-state index is 0.188. The number of rotatable bonds is 7. The number of hydrogen-bond donors (Lipinski definition) is 2. The highest BCUT2D eigenvalue weighted by molar-refractivity contribution is 7.20. The molecule has 11 heteroatoms. The number of aromatic nitrogens is 2. The van der Waals surface area contributed by atoms with Crippen LogP contribution in [-0.2, 0) is 19.2 Å². The second kappa shape index (κ2) is 8.87. The topological polar surface area (TPSA) is 126 Å². The number of nitrogens with one attached hydrogen (secondary N) is 1. The van der Waals surface area contributed by atoms with Gasteiger partial charge in [0.15, 0.2) is 16.8 Å². The molecule has 0 saturated carbocycles. The fraction of sp³-hybridized carbons (Fsp3) is 0.400. The predicted octanol–water partition coefficient (Wildman–Crippen LogP) is 3.62. The van der Waals surface area contributed by atoms with Crippen LogP contribution < -0.4 is 16.0 Å². The predicted molar refractivity (Wildman–Crippen MR) is 119 cm³/mol. The van der Waals surface area contributed by atoms with E-state index < -0.39 is 29.2 Å². The van der Waals surface area contributed by atoms with E-state index in [1.807, 2.05) is 24.3 Å². The number of carbonyl (C=O) groups is 2. The number of fused-ring (bicyclic) bond motifs is 1. The molecule has 1 unspecified atom stereocenters. The Hall–Kier alpha value is -2.60. The van der Waals surface area contributed by atoms with Gasteiger partial charge in [-0.05, 0) is 46.8 Å². The monoisotopic (exact) mass is 464 g/mol. The van der Waals surface area contributed by atoms with Crippen LogP contribution in [0, 0.1) is 0 Å². The number of nitrogens with zero attached hydrogens (tertiary/aromatic N) is 2. The molecule has 0 aliphatic carbocycles. The number of ether oxygens (including phenoxy) is 2. The zero-order chi connectivity index (χ0) is 22.8. The Morgan fingerprint density at radius 3 is 2.45 bits per heavy atom. The SMILES string of the molecule is CC(C)(C)OC(=O)C(C)(C)ONC(C(=O)Oc1nc2ccccc2s1)c1csc(N)n1. The maximum atomic E-state index is 12.9. The average molecular weight is 465 g/mol. The lowest BCUT2D eigenvalue weighted by Crippen LogP contribution is -2.46. The van der Waals surface area contributed by atoms with E-state index >= 15 is 0 Å². The van der Waals surface area contributed by atoms with Gasteiger partial charge in [0.2, 0.25) is 0 Å². The van der Waals surface area contributed by atoms with Gasteiger partial charge in [0.25, 0.3) is 5.19 Å². The molecule has 2 aromatic heterocycles. The van der Waals surface area contributed by atoms with Crippen LogP contribution in [0.25, 0.3) is 10.2 Å². The number of thiazole rings is 2. The number of hydroxylamine groups is 1. The highest BCUT2D eigenvalue weighted by Crippen LogP contribution is 2.29. The van der Waals surface area contributed by atoms with Crippen molar-refractivity contribution in [3.63, 3.8) is 0 Å². The molecule has 3 N–H and O–H groups in total. The molecule has 1 aromatic carbocycles. The van der Waals surface area contributed by atoms with Crippen LogP contribution in [0.4, 0.5) is 5.13 Å². The molecule has 0 radical (unpaired) electrons. The van der Waals surface area contributed by atoms with Crippen molar-refractivity contribution >= 4 is 50.0 Å². The first-order valence-corrected chi connectivity index (χ1v) is 11.1. The molecule has 0 fully saturated rings. The zero-order valence-corrected chi connectivity index (χ0v) is 19.4. The van der Waals surface area contributed by atoms with Gasteiger partial charge >= 0.3 is 11.9 Å². The third-order valence-electron chi connectivity index (χ3n) is 3.86. The van der Waals surface area contributed by atoms with Gasteiger partial charge < -0.3 is 15.2 Å². The van der Waals surface area contributed by atoms with Crippen LogP contribution in [0.3, 0.4) is 0 Å². The Bertz CT molecular complexity index is 1050. The second-order valence-corrected chi connectivity index (χ2v) is 10.0.